The molecule has 112 valence electrons. The van der Waals surface area contributed by atoms with E-state index in [1.165, 1.54) is 16.7 Å². The van der Waals surface area contributed by atoms with Gasteiger partial charge in [-0.05, 0) is 24.5 Å². The summed E-state index contributed by atoms with van der Waals surface area (Å²) in [6, 6.07) is 0. The van der Waals surface area contributed by atoms with Crippen molar-refractivity contribution in [3.05, 3.63) is 0 Å². The van der Waals surface area contributed by atoms with E-state index in [0.717, 1.165) is 5.75 Å². The first-order valence-electron chi connectivity index (χ1n) is 6.74. The van der Waals surface area contributed by atoms with E-state index in [-0.39, 0.29) is 30.0 Å². The number of nitrogens with zero attached hydrogens (tertiary/aromatic N) is 1. The Morgan fingerprint density at radius 1 is 1.42 bits per heavy atom. The summed E-state index contributed by atoms with van der Waals surface area (Å²) in [7, 11) is 0. The van der Waals surface area contributed by atoms with Gasteiger partial charge in [-0.25, -0.2) is 0 Å². The number of hydrogen-bond acceptors (Lipinski definition) is 2. The van der Waals surface area contributed by atoms with Gasteiger partial charge in [0.2, 0.25) is 5.91 Å². The van der Waals surface area contributed by atoms with E-state index in [1.54, 1.807) is 0 Å². The molecule has 1 rings (SSSR count). The second-order valence-electron chi connectivity index (χ2n) is 5.28. The Bertz CT molecular complexity index is 307. The number of amides is 1. The highest BCUT2D eigenvalue weighted by Gasteiger charge is 2.43. The molecular formula is C13H22F3NOS. The molecule has 1 amide bonds. The molecule has 0 aromatic carbocycles. The lowest BCUT2D eigenvalue weighted by Gasteiger charge is -2.36. The quantitative estimate of drug-likeness (QED) is 0.790. The normalized spacial score (nSPS) is 22.7. The summed E-state index contributed by atoms with van der Waals surface area (Å²) in [5, 5.41) is -0.225. The highest BCUT2D eigenvalue weighted by molar-refractivity contribution is 8.00. The second-order valence-corrected chi connectivity index (χ2v) is 6.70. The van der Waals surface area contributed by atoms with E-state index in [4.69, 9.17) is 0 Å². The first-order valence-corrected chi connectivity index (χ1v) is 7.79. The van der Waals surface area contributed by atoms with Crippen LogP contribution in [0.5, 0.6) is 0 Å². The van der Waals surface area contributed by atoms with Crippen LogP contribution in [0, 0.1) is 11.8 Å². The molecule has 0 aromatic heterocycles. The van der Waals surface area contributed by atoms with E-state index in [9.17, 15) is 18.0 Å². The summed E-state index contributed by atoms with van der Waals surface area (Å²) >= 11 is 1.52. The second kappa shape index (κ2) is 6.86. The van der Waals surface area contributed by atoms with Crippen molar-refractivity contribution < 1.29 is 18.0 Å². The minimum absolute atomic E-state index is 0.129. The van der Waals surface area contributed by atoms with Crippen LogP contribution >= 0.6 is 11.8 Å². The Labute approximate surface area is 117 Å². The van der Waals surface area contributed by atoms with E-state index >= 15 is 0 Å². The minimum Gasteiger partial charge on any atom is -0.341 e. The first kappa shape index (κ1) is 16.7. The smallest absolute Gasteiger partial charge is 0.341 e. The molecule has 6 heteroatoms. The largest absolute Gasteiger partial charge is 0.393 e. The maximum absolute atomic E-state index is 12.7. The predicted molar refractivity (Wildman–Crippen MR) is 72.1 cm³/mol. The van der Waals surface area contributed by atoms with Gasteiger partial charge in [0, 0.05) is 13.1 Å². The maximum atomic E-state index is 12.7. The SMILES string of the molecule is CCSC(C(=O)N1CCCC(C(F)(F)F)C1)C(C)C. The third-order valence-corrected chi connectivity index (χ3v) is 4.83. The fraction of sp³-hybridized carbons (Fsp3) is 0.923. The Balaban J connectivity index is 2.70. The van der Waals surface area contributed by atoms with Crippen LogP contribution in [-0.2, 0) is 4.79 Å². The van der Waals surface area contributed by atoms with Gasteiger partial charge in [0.15, 0.2) is 0 Å². The summed E-state index contributed by atoms with van der Waals surface area (Å²) in [6.45, 7) is 6.13. The molecule has 0 radical (unpaired) electrons. The molecule has 0 aromatic rings. The number of rotatable bonds is 4. The standard InChI is InChI=1S/C13H22F3NOS/c1-4-19-11(9(2)3)12(18)17-7-5-6-10(8-17)13(14,15)16/h9-11H,4-8H2,1-3H3. The number of hydrogen-bond donors (Lipinski definition) is 0. The lowest BCUT2D eigenvalue weighted by Crippen LogP contribution is -2.48. The molecule has 1 aliphatic rings. The fourth-order valence-corrected chi connectivity index (χ4v) is 3.39. The molecule has 1 aliphatic heterocycles. The Morgan fingerprint density at radius 3 is 2.53 bits per heavy atom. The van der Waals surface area contributed by atoms with Crippen LogP contribution in [-0.4, -0.2) is 41.1 Å². The van der Waals surface area contributed by atoms with Gasteiger partial charge in [-0.15, -0.1) is 11.8 Å². The van der Waals surface area contributed by atoms with E-state index in [2.05, 4.69) is 0 Å². The zero-order chi connectivity index (χ0) is 14.6. The number of likely N-dealkylation sites (tertiary alicyclic amines) is 1. The van der Waals surface area contributed by atoms with Gasteiger partial charge < -0.3 is 4.90 Å². The minimum atomic E-state index is -4.19. The molecule has 0 spiro atoms. The molecule has 19 heavy (non-hydrogen) atoms. The number of alkyl halides is 3. The van der Waals surface area contributed by atoms with Crippen molar-refractivity contribution in [3.8, 4) is 0 Å². The van der Waals surface area contributed by atoms with Gasteiger partial charge in [0.1, 0.15) is 0 Å². The molecule has 1 fully saturated rings. The predicted octanol–water partition coefficient (Wildman–Crippen LogP) is 3.57. The van der Waals surface area contributed by atoms with E-state index in [0.29, 0.717) is 13.0 Å². The van der Waals surface area contributed by atoms with Crippen molar-refractivity contribution >= 4 is 17.7 Å². The molecule has 1 saturated heterocycles. The van der Waals surface area contributed by atoms with Crippen molar-refractivity contribution in [1.29, 1.82) is 0 Å². The van der Waals surface area contributed by atoms with Crippen LogP contribution in [0.15, 0.2) is 0 Å². The zero-order valence-electron chi connectivity index (χ0n) is 11.7. The monoisotopic (exact) mass is 297 g/mol. The van der Waals surface area contributed by atoms with Crippen molar-refractivity contribution in [2.45, 2.75) is 45.0 Å². The summed E-state index contributed by atoms with van der Waals surface area (Å²) in [4.78, 5) is 13.8. The van der Waals surface area contributed by atoms with Crippen LogP contribution < -0.4 is 0 Å². The summed E-state index contributed by atoms with van der Waals surface area (Å²) in [5.74, 6) is -0.547. The van der Waals surface area contributed by atoms with E-state index in [1.807, 2.05) is 20.8 Å². The van der Waals surface area contributed by atoms with Crippen molar-refractivity contribution in [2.24, 2.45) is 11.8 Å². The summed E-state index contributed by atoms with van der Waals surface area (Å²) in [5.41, 5.74) is 0. The Kier molecular flexibility index (Phi) is 6.02. The van der Waals surface area contributed by atoms with Crippen molar-refractivity contribution in [2.75, 3.05) is 18.8 Å². The molecule has 2 unspecified atom stereocenters. The molecule has 0 saturated carbocycles. The van der Waals surface area contributed by atoms with E-state index < -0.39 is 12.1 Å². The van der Waals surface area contributed by atoms with Crippen LogP contribution in [0.3, 0.4) is 0 Å². The number of halogens is 3. The van der Waals surface area contributed by atoms with Gasteiger partial charge in [-0.3, -0.25) is 4.79 Å². The maximum Gasteiger partial charge on any atom is 0.393 e. The lowest BCUT2D eigenvalue weighted by molar-refractivity contribution is -0.188. The molecule has 2 atom stereocenters. The van der Waals surface area contributed by atoms with Gasteiger partial charge in [-0.1, -0.05) is 20.8 Å². The average Bonchev–Trinajstić information content (AvgIpc) is 2.34. The average molecular weight is 297 g/mol. The van der Waals surface area contributed by atoms with Gasteiger partial charge in [-0.2, -0.15) is 13.2 Å². The molecule has 0 bridgehead atoms. The zero-order valence-corrected chi connectivity index (χ0v) is 12.5. The highest BCUT2D eigenvalue weighted by Crippen LogP contribution is 2.34. The lowest BCUT2D eigenvalue weighted by atomic mass is 9.96. The Morgan fingerprint density at radius 2 is 2.05 bits per heavy atom. The number of thioether (sulfide) groups is 1. The Hall–Kier alpha value is -0.390. The summed E-state index contributed by atoms with van der Waals surface area (Å²) in [6.07, 6.45) is -3.61. The number of piperidine rings is 1. The molecule has 2 nitrogen and oxygen atoms in total. The van der Waals surface area contributed by atoms with Crippen LogP contribution in [0.1, 0.15) is 33.6 Å². The molecule has 0 N–H and O–H groups in total. The van der Waals surface area contributed by atoms with Crippen LogP contribution in [0.25, 0.3) is 0 Å². The third kappa shape index (κ3) is 4.58. The van der Waals surface area contributed by atoms with Gasteiger partial charge in [0.05, 0.1) is 11.2 Å². The topological polar surface area (TPSA) is 20.3 Å². The number of carbonyl (C=O) groups excluding carboxylic acids is 1. The highest BCUT2D eigenvalue weighted by atomic mass is 32.2. The summed E-state index contributed by atoms with van der Waals surface area (Å²) < 4.78 is 38.2. The van der Waals surface area contributed by atoms with Crippen molar-refractivity contribution in [3.63, 3.8) is 0 Å². The fourth-order valence-electron chi connectivity index (χ4n) is 2.35. The van der Waals surface area contributed by atoms with Crippen LogP contribution in [0.2, 0.25) is 0 Å². The van der Waals surface area contributed by atoms with Gasteiger partial charge in [0.25, 0.3) is 0 Å². The number of carbonyl (C=O) groups is 1. The van der Waals surface area contributed by atoms with Crippen molar-refractivity contribution in [1.82, 2.24) is 4.90 Å². The molecule has 1 heterocycles. The first-order chi connectivity index (χ1) is 8.77. The third-order valence-electron chi connectivity index (χ3n) is 3.39. The molecule has 0 aliphatic carbocycles. The molecular weight excluding hydrogens is 275 g/mol. The van der Waals surface area contributed by atoms with Crippen LogP contribution in [0.4, 0.5) is 13.2 Å². The van der Waals surface area contributed by atoms with Gasteiger partial charge >= 0.3 is 6.18 Å².